The van der Waals surface area contributed by atoms with Gasteiger partial charge in [0.2, 0.25) is 0 Å². The van der Waals surface area contributed by atoms with Gasteiger partial charge in [-0.1, -0.05) is 38.6 Å². The smallest absolute Gasteiger partial charge is 0.290 e. The standard InChI is InChI=1S/C20H25NO5/c1-5-10-26-15-8-6-7-14(12-15)17-16(18(22)13(2)3)19(23)20(24)21(17)9-11-25-4/h5-8,12-13,17,23H,1,9-11H2,2-4H3. The molecule has 1 aromatic rings. The van der Waals surface area contributed by atoms with E-state index in [2.05, 4.69) is 6.58 Å². The van der Waals surface area contributed by atoms with Gasteiger partial charge in [0, 0.05) is 19.6 Å². The highest BCUT2D eigenvalue weighted by Crippen LogP contribution is 2.39. The lowest BCUT2D eigenvalue weighted by molar-refractivity contribution is -0.130. The molecule has 0 saturated carbocycles. The van der Waals surface area contributed by atoms with E-state index in [9.17, 15) is 14.7 Å². The number of benzene rings is 1. The second-order valence-electron chi connectivity index (χ2n) is 6.35. The predicted molar refractivity (Wildman–Crippen MR) is 98.0 cm³/mol. The van der Waals surface area contributed by atoms with Crippen LogP contribution in [0.15, 0.2) is 48.3 Å². The van der Waals surface area contributed by atoms with Crippen LogP contribution in [0.2, 0.25) is 0 Å². The Labute approximate surface area is 153 Å². The molecule has 6 heteroatoms. The number of aliphatic hydroxyl groups excluding tert-OH is 1. The van der Waals surface area contributed by atoms with Crippen molar-refractivity contribution < 1.29 is 24.2 Å². The summed E-state index contributed by atoms with van der Waals surface area (Å²) in [6.45, 7) is 8.01. The van der Waals surface area contributed by atoms with Crippen LogP contribution in [0.1, 0.15) is 25.5 Å². The third kappa shape index (κ3) is 3.96. The van der Waals surface area contributed by atoms with Crippen molar-refractivity contribution in [2.75, 3.05) is 26.9 Å². The number of Topliss-reactive ketones (excluding diaryl/α,β-unsaturated/α-hetero) is 1. The summed E-state index contributed by atoms with van der Waals surface area (Å²) >= 11 is 0. The molecule has 1 amide bonds. The van der Waals surface area contributed by atoms with Crippen molar-refractivity contribution in [1.29, 1.82) is 0 Å². The van der Waals surface area contributed by atoms with E-state index in [1.165, 1.54) is 12.0 Å². The van der Waals surface area contributed by atoms with Gasteiger partial charge in [0.15, 0.2) is 11.5 Å². The van der Waals surface area contributed by atoms with Crippen LogP contribution in [0, 0.1) is 5.92 Å². The van der Waals surface area contributed by atoms with E-state index in [1.807, 2.05) is 6.07 Å². The molecular formula is C20H25NO5. The van der Waals surface area contributed by atoms with E-state index < -0.39 is 17.7 Å². The second kappa shape index (κ2) is 8.67. The van der Waals surface area contributed by atoms with Gasteiger partial charge in [0.25, 0.3) is 5.91 Å². The Morgan fingerprint density at radius 2 is 2.15 bits per heavy atom. The summed E-state index contributed by atoms with van der Waals surface area (Å²) in [4.78, 5) is 26.7. The zero-order chi connectivity index (χ0) is 19.3. The molecule has 0 aliphatic carbocycles. The van der Waals surface area contributed by atoms with Gasteiger partial charge in [-0.3, -0.25) is 9.59 Å². The van der Waals surface area contributed by atoms with Gasteiger partial charge in [0.05, 0.1) is 18.2 Å². The van der Waals surface area contributed by atoms with Crippen LogP contribution in [-0.4, -0.2) is 48.6 Å². The molecule has 1 aromatic carbocycles. The topological polar surface area (TPSA) is 76.1 Å². The minimum absolute atomic E-state index is 0.127. The molecule has 0 bridgehead atoms. The Bertz CT molecular complexity index is 723. The molecule has 1 heterocycles. The molecule has 1 aliphatic heterocycles. The molecule has 0 radical (unpaired) electrons. The van der Waals surface area contributed by atoms with E-state index in [4.69, 9.17) is 9.47 Å². The number of methoxy groups -OCH3 is 1. The highest BCUT2D eigenvalue weighted by Gasteiger charge is 2.43. The molecule has 6 nitrogen and oxygen atoms in total. The summed E-state index contributed by atoms with van der Waals surface area (Å²) < 4.78 is 10.6. The van der Waals surface area contributed by atoms with Crippen molar-refractivity contribution in [2.45, 2.75) is 19.9 Å². The Kier molecular flexibility index (Phi) is 6.58. The van der Waals surface area contributed by atoms with Crippen LogP contribution in [0.5, 0.6) is 5.75 Å². The molecule has 1 unspecified atom stereocenters. The minimum Gasteiger partial charge on any atom is -0.503 e. The molecule has 0 fully saturated rings. The third-order valence-electron chi connectivity index (χ3n) is 4.17. The average Bonchev–Trinajstić information content (AvgIpc) is 2.88. The first kappa shape index (κ1) is 19.7. The quantitative estimate of drug-likeness (QED) is 0.686. The number of ketones is 1. The number of carbonyl (C=O) groups is 2. The first-order valence-corrected chi connectivity index (χ1v) is 8.53. The number of hydrogen-bond acceptors (Lipinski definition) is 5. The second-order valence-corrected chi connectivity index (χ2v) is 6.35. The Morgan fingerprint density at radius 1 is 1.42 bits per heavy atom. The maximum atomic E-state index is 12.7. The number of amides is 1. The normalized spacial score (nSPS) is 17.2. The van der Waals surface area contributed by atoms with E-state index in [0.717, 1.165) is 0 Å². The van der Waals surface area contributed by atoms with Crippen LogP contribution < -0.4 is 4.74 Å². The van der Waals surface area contributed by atoms with Crippen molar-refractivity contribution in [1.82, 2.24) is 4.90 Å². The van der Waals surface area contributed by atoms with Crippen LogP contribution in [-0.2, 0) is 14.3 Å². The van der Waals surface area contributed by atoms with Gasteiger partial charge in [-0.15, -0.1) is 0 Å². The molecule has 1 N–H and O–H groups in total. The average molecular weight is 359 g/mol. The summed E-state index contributed by atoms with van der Waals surface area (Å²) in [6, 6.07) is 6.49. The maximum absolute atomic E-state index is 12.7. The van der Waals surface area contributed by atoms with Crippen molar-refractivity contribution in [3.05, 3.63) is 53.8 Å². The number of aliphatic hydroxyl groups is 1. The lowest BCUT2D eigenvalue weighted by Gasteiger charge is -2.27. The largest absolute Gasteiger partial charge is 0.503 e. The molecule has 1 atom stereocenters. The SMILES string of the molecule is C=CCOc1cccc(C2C(C(=O)C(C)C)=C(O)C(=O)N2CCOC)c1. The molecule has 0 spiro atoms. The summed E-state index contributed by atoms with van der Waals surface area (Å²) in [5.74, 6) is -1.04. The summed E-state index contributed by atoms with van der Waals surface area (Å²) in [5.41, 5.74) is 0.825. The number of carbonyl (C=O) groups excluding carboxylic acids is 2. The lowest BCUT2D eigenvalue weighted by atomic mass is 9.91. The van der Waals surface area contributed by atoms with E-state index in [-0.39, 0.29) is 23.8 Å². The van der Waals surface area contributed by atoms with E-state index in [1.54, 1.807) is 38.1 Å². The molecule has 26 heavy (non-hydrogen) atoms. The van der Waals surface area contributed by atoms with Crippen molar-refractivity contribution >= 4 is 11.7 Å². The van der Waals surface area contributed by atoms with Gasteiger partial charge in [0.1, 0.15) is 12.4 Å². The van der Waals surface area contributed by atoms with Gasteiger partial charge in [-0.2, -0.15) is 0 Å². The molecule has 0 aromatic heterocycles. The third-order valence-corrected chi connectivity index (χ3v) is 4.17. The maximum Gasteiger partial charge on any atom is 0.290 e. The molecule has 1 aliphatic rings. The van der Waals surface area contributed by atoms with Crippen molar-refractivity contribution in [3.8, 4) is 5.75 Å². The highest BCUT2D eigenvalue weighted by atomic mass is 16.5. The van der Waals surface area contributed by atoms with Gasteiger partial charge < -0.3 is 19.5 Å². The Balaban J connectivity index is 2.48. The van der Waals surface area contributed by atoms with Gasteiger partial charge in [-0.05, 0) is 17.7 Å². The molecule has 140 valence electrons. The fourth-order valence-corrected chi connectivity index (χ4v) is 2.91. The number of nitrogens with zero attached hydrogens (tertiary/aromatic N) is 1. The summed E-state index contributed by atoms with van der Waals surface area (Å²) in [7, 11) is 1.53. The summed E-state index contributed by atoms with van der Waals surface area (Å²) in [6.07, 6.45) is 1.64. The van der Waals surface area contributed by atoms with Gasteiger partial charge in [-0.25, -0.2) is 0 Å². The first-order chi connectivity index (χ1) is 12.4. The fourth-order valence-electron chi connectivity index (χ4n) is 2.91. The summed E-state index contributed by atoms with van der Waals surface area (Å²) in [5, 5.41) is 10.4. The van der Waals surface area contributed by atoms with Crippen LogP contribution in [0.25, 0.3) is 0 Å². The highest BCUT2D eigenvalue weighted by molar-refractivity contribution is 6.09. The Morgan fingerprint density at radius 3 is 2.77 bits per heavy atom. The molecule has 2 rings (SSSR count). The lowest BCUT2D eigenvalue weighted by Crippen LogP contribution is -2.34. The monoisotopic (exact) mass is 359 g/mol. The van der Waals surface area contributed by atoms with Crippen molar-refractivity contribution in [2.24, 2.45) is 5.92 Å². The Hall–Kier alpha value is -2.60. The van der Waals surface area contributed by atoms with Crippen LogP contribution in [0.4, 0.5) is 0 Å². The first-order valence-electron chi connectivity index (χ1n) is 8.53. The van der Waals surface area contributed by atoms with E-state index in [0.29, 0.717) is 24.5 Å². The number of rotatable bonds is 9. The minimum atomic E-state index is -0.667. The molecular weight excluding hydrogens is 334 g/mol. The predicted octanol–water partition coefficient (Wildman–Crippen LogP) is 2.82. The van der Waals surface area contributed by atoms with Crippen molar-refractivity contribution in [3.63, 3.8) is 0 Å². The number of hydrogen-bond donors (Lipinski definition) is 1. The molecule has 0 saturated heterocycles. The van der Waals surface area contributed by atoms with E-state index >= 15 is 0 Å². The fraction of sp³-hybridized carbons (Fsp3) is 0.400. The number of ether oxygens (including phenoxy) is 2. The zero-order valence-electron chi connectivity index (χ0n) is 15.4. The zero-order valence-corrected chi connectivity index (χ0v) is 15.4. The van der Waals surface area contributed by atoms with Crippen LogP contribution >= 0.6 is 0 Å². The van der Waals surface area contributed by atoms with Gasteiger partial charge >= 0.3 is 0 Å². The van der Waals surface area contributed by atoms with Crippen LogP contribution in [0.3, 0.4) is 0 Å².